The average molecular weight is 693 g/mol. The van der Waals surface area contributed by atoms with Crippen LogP contribution in [0.25, 0.3) is 49.2 Å². The number of fused-ring (bicyclic) bond motifs is 1. The van der Waals surface area contributed by atoms with Crippen molar-refractivity contribution in [1.29, 1.82) is 0 Å². The highest BCUT2D eigenvalue weighted by molar-refractivity contribution is 6.39. The van der Waals surface area contributed by atoms with Crippen molar-refractivity contribution in [3.63, 3.8) is 0 Å². The van der Waals surface area contributed by atoms with Gasteiger partial charge in [-0.15, -0.1) is 0 Å². The molecule has 0 amide bonds. The number of phenols is 1. The maximum Gasteiger partial charge on any atom is 0.228 e. The molecular formula is C42H36N4O6. The van der Waals surface area contributed by atoms with Crippen molar-refractivity contribution < 1.29 is 19.3 Å². The SMILES string of the molecule is COc1c2c3c4c(c(NCc5ccccn5)c(O)c5c(=O)cc(OC)c(c6c(OC)cc(C)c(c1=O)c63)c54)C=C(C)C2C(C)=NCc1ccccn1. The van der Waals surface area contributed by atoms with Crippen LogP contribution in [0.4, 0.5) is 5.69 Å². The van der Waals surface area contributed by atoms with Crippen LogP contribution in [-0.2, 0) is 13.1 Å². The normalized spacial score (nSPS) is 14.4. The number of ether oxygens (including phenoxy) is 3. The highest BCUT2D eigenvalue weighted by atomic mass is 16.5. The molecule has 0 radical (unpaired) electrons. The standard InChI is InChI=1S/C42H36N4O6/c1-20-15-25-31-36-32(40(48)39(25)46-19-24-12-8-10-14-44-24)26(47)17-28(51-5)34(36)33-27(50-4)16-21(2)30-35(33)37(31)38(42(52-6)41(30)49)29(20)22(3)45-18-23-11-7-9-13-43-23/h7-17,29,46,48H,18-19H2,1-6H3. The third-order valence-corrected chi connectivity index (χ3v) is 10.3. The minimum absolute atomic E-state index is 0.126. The molecule has 1 unspecified atom stereocenters. The second-order valence-corrected chi connectivity index (χ2v) is 13.2. The summed E-state index contributed by atoms with van der Waals surface area (Å²) in [4.78, 5) is 42.8. The van der Waals surface area contributed by atoms with Gasteiger partial charge in [-0.2, -0.15) is 0 Å². The Morgan fingerprint density at radius 2 is 1.46 bits per heavy atom. The van der Waals surface area contributed by atoms with Gasteiger partial charge in [-0.1, -0.05) is 23.8 Å². The maximum absolute atomic E-state index is 14.8. The van der Waals surface area contributed by atoms with Crippen molar-refractivity contribution in [2.75, 3.05) is 26.6 Å². The number of methoxy groups -OCH3 is 3. The Bertz CT molecular complexity index is 2750. The van der Waals surface area contributed by atoms with Gasteiger partial charge in [0.1, 0.15) is 11.5 Å². The van der Waals surface area contributed by atoms with Crippen LogP contribution >= 0.6 is 0 Å². The van der Waals surface area contributed by atoms with Gasteiger partial charge in [-0.3, -0.25) is 24.5 Å². The molecule has 8 rings (SSSR count). The minimum Gasteiger partial charge on any atom is -0.505 e. The van der Waals surface area contributed by atoms with E-state index in [4.69, 9.17) is 19.2 Å². The molecule has 0 fully saturated rings. The van der Waals surface area contributed by atoms with Crippen LogP contribution < -0.4 is 30.4 Å². The Balaban J connectivity index is 1.63. The molecule has 52 heavy (non-hydrogen) atoms. The van der Waals surface area contributed by atoms with Crippen molar-refractivity contribution in [2.24, 2.45) is 4.99 Å². The Hall–Kier alpha value is -6.29. The quantitative estimate of drug-likeness (QED) is 0.0683. The summed E-state index contributed by atoms with van der Waals surface area (Å²) in [5, 5.41) is 20.0. The molecule has 1 aliphatic carbocycles. The van der Waals surface area contributed by atoms with Gasteiger partial charge in [-0.05, 0) is 62.1 Å². The maximum atomic E-state index is 14.8. The number of hydrogen-bond donors (Lipinski definition) is 2. The first-order valence-corrected chi connectivity index (χ1v) is 17.0. The van der Waals surface area contributed by atoms with E-state index >= 15 is 0 Å². The van der Waals surface area contributed by atoms with Gasteiger partial charge in [-0.25, -0.2) is 0 Å². The van der Waals surface area contributed by atoms with E-state index in [9.17, 15) is 14.7 Å². The van der Waals surface area contributed by atoms with Crippen molar-refractivity contribution in [3.8, 4) is 23.0 Å². The molecular weight excluding hydrogens is 656 g/mol. The van der Waals surface area contributed by atoms with E-state index in [0.717, 1.165) is 28.1 Å². The van der Waals surface area contributed by atoms with Crippen molar-refractivity contribution in [1.82, 2.24) is 9.97 Å². The van der Waals surface area contributed by atoms with E-state index in [1.165, 1.54) is 20.3 Å². The fourth-order valence-electron chi connectivity index (χ4n) is 8.13. The number of aromatic nitrogens is 2. The van der Waals surface area contributed by atoms with E-state index in [0.29, 0.717) is 72.7 Å². The number of allylic oxidation sites excluding steroid dienone is 1. The molecule has 1 atom stereocenters. The fourth-order valence-corrected chi connectivity index (χ4v) is 8.13. The smallest absolute Gasteiger partial charge is 0.228 e. The number of hydrogen-bond acceptors (Lipinski definition) is 10. The zero-order valence-electron chi connectivity index (χ0n) is 29.7. The van der Waals surface area contributed by atoms with Crippen LogP contribution in [0, 0.1) is 6.92 Å². The van der Waals surface area contributed by atoms with Crippen molar-refractivity contribution >= 4 is 60.6 Å². The van der Waals surface area contributed by atoms with Crippen LogP contribution in [0.1, 0.15) is 47.8 Å². The van der Waals surface area contributed by atoms with Crippen LogP contribution in [0.2, 0.25) is 0 Å². The number of aliphatic imine (C=N–C) groups is 1. The summed E-state index contributed by atoms with van der Waals surface area (Å²) in [7, 11) is 4.59. The molecule has 10 heteroatoms. The monoisotopic (exact) mass is 692 g/mol. The zero-order chi connectivity index (χ0) is 36.4. The second kappa shape index (κ2) is 12.5. The fraction of sp³-hybridized carbons (Fsp3) is 0.214. The number of rotatable bonds is 9. The summed E-state index contributed by atoms with van der Waals surface area (Å²) in [6, 6.07) is 14.5. The average Bonchev–Trinajstić information content (AvgIpc) is 3.28. The molecule has 1 aliphatic rings. The third-order valence-electron chi connectivity index (χ3n) is 10.3. The predicted octanol–water partition coefficient (Wildman–Crippen LogP) is 7.50. The number of nitrogens with one attached hydrogen (secondary N) is 1. The van der Waals surface area contributed by atoms with Crippen LogP contribution in [0.5, 0.6) is 23.0 Å². The van der Waals surface area contributed by atoms with Crippen molar-refractivity contribution in [2.45, 2.75) is 39.8 Å². The topological polar surface area (TPSA) is 132 Å². The lowest BCUT2D eigenvalue weighted by atomic mass is 9.80. The molecule has 0 bridgehead atoms. The van der Waals surface area contributed by atoms with Crippen LogP contribution in [0.3, 0.4) is 0 Å². The molecule has 2 N–H and O–H groups in total. The molecule has 5 aromatic carbocycles. The second-order valence-electron chi connectivity index (χ2n) is 13.2. The largest absolute Gasteiger partial charge is 0.505 e. The first-order valence-electron chi connectivity index (χ1n) is 17.0. The molecule has 0 saturated heterocycles. The first-order chi connectivity index (χ1) is 25.2. The Labute approximate surface area is 298 Å². The van der Waals surface area contributed by atoms with Crippen LogP contribution in [0.15, 0.2) is 81.1 Å². The molecule has 0 aliphatic heterocycles. The molecule has 0 spiro atoms. The van der Waals surface area contributed by atoms with Gasteiger partial charge < -0.3 is 24.6 Å². The lowest BCUT2D eigenvalue weighted by molar-refractivity contribution is 0.407. The summed E-state index contributed by atoms with van der Waals surface area (Å²) in [5.74, 6) is 0.295. The Morgan fingerprint density at radius 3 is 2.10 bits per heavy atom. The number of nitrogens with zero attached hydrogens (tertiary/aromatic N) is 3. The molecule has 260 valence electrons. The number of aromatic hydroxyl groups is 1. The first kappa shape index (κ1) is 32.9. The highest BCUT2D eigenvalue weighted by Gasteiger charge is 2.36. The summed E-state index contributed by atoms with van der Waals surface area (Å²) in [6.07, 6.45) is 5.46. The lowest BCUT2D eigenvalue weighted by Crippen LogP contribution is -2.18. The zero-order valence-corrected chi connectivity index (χ0v) is 29.7. The number of phenolic OH excluding ortho intramolecular Hbond substituents is 1. The van der Waals surface area contributed by atoms with Crippen LogP contribution in [-0.4, -0.2) is 42.1 Å². The highest BCUT2D eigenvalue weighted by Crippen LogP contribution is 2.56. The number of benzene rings is 5. The Kier molecular flexibility index (Phi) is 7.90. The molecule has 7 aromatic rings. The summed E-state index contributed by atoms with van der Waals surface area (Å²) >= 11 is 0. The van der Waals surface area contributed by atoms with E-state index < -0.39 is 11.3 Å². The minimum atomic E-state index is -0.516. The number of pyridine rings is 2. The number of aryl methyl sites for hydroxylation is 1. The van der Waals surface area contributed by atoms with E-state index in [2.05, 4.69) is 15.3 Å². The van der Waals surface area contributed by atoms with E-state index in [1.807, 2.05) is 69.3 Å². The van der Waals surface area contributed by atoms with Gasteiger partial charge >= 0.3 is 0 Å². The summed E-state index contributed by atoms with van der Waals surface area (Å²) in [6.45, 7) is 6.43. The molecule has 2 aromatic heterocycles. The third kappa shape index (κ3) is 4.74. The summed E-state index contributed by atoms with van der Waals surface area (Å²) in [5.41, 5.74) is 4.84. The van der Waals surface area contributed by atoms with Gasteiger partial charge in [0.2, 0.25) is 5.43 Å². The van der Waals surface area contributed by atoms with Crippen molar-refractivity contribution in [3.05, 3.63) is 115 Å². The van der Waals surface area contributed by atoms with E-state index in [-0.39, 0.29) is 28.9 Å². The van der Waals surface area contributed by atoms with E-state index in [1.54, 1.807) is 19.5 Å². The predicted molar refractivity (Wildman–Crippen MR) is 206 cm³/mol. The van der Waals surface area contributed by atoms with Gasteiger partial charge in [0.25, 0.3) is 0 Å². The number of anilines is 1. The molecule has 0 saturated carbocycles. The molecule has 10 nitrogen and oxygen atoms in total. The Morgan fingerprint density at radius 1 is 0.808 bits per heavy atom. The van der Waals surface area contributed by atoms with Gasteiger partial charge in [0.05, 0.1) is 56.9 Å². The molecule has 2 heterocycles. The summed E-state index contributed by atoms with van der Waals surface area (Å²) < 4.78 is 18.0. The van der Waals surface area contributed by atoms with Gasteiger partial charge in [0.15, 0.2) is 16.9 Å². The van der Waals surface area contributed by atoms with Gasteiger partial charge in [0, 0.05) is 73.5 Å². The lowest BCUT2D eigenvalue weighted by Gasteiger charge is -2.26.